The van der Waals surface area contributed by atoms with Crippen LogP contribution in [-0.4, -0.2) is 50.4 Å². The lowest BCUT2D eigenvalue weighted by atomic mass is 10.1. The number of aliphatic hydroxyl groups excluding tert-OH is 1. The van der Waals surface area contributed by atoms with Crippen LogP contribution in [0, 0.1) is 0 Å². The molecule has 9 heteroatoms. The van der Waals surface area contributed by atoms with Crippen LogP contribution < -0.4 is 5.32 Å². The van der Waals surface area contributed by atoms with E-state index in [0.717, 1.165) is 24.9 Å². The lowest BCUT2D eigenvalue weighted by molar-refractivity contribution is 0.0622. The molecule has 0 bridgehead atoms. The maximum Gasteiger partial charge on any atom is 0.273 e. The molecule has 4 rings (SSSR count). The average molecular weight is 383 g/mol. The molecule has 1 aliphatic rings. The van der Waals surface area contributed by atoms with Gasteiger partial charge in [0.25, 0.3) is 5.91 Å². The van der Waals surface area contributed by atoms with Crippen molar-refractivity contribution >= 4 is 5.91 Å². The van der Waals surface area contributed by atoms with Gasteiger partial charge in [-0.1, -0.05) is 40.6 Å². The number of carbonyl (C=O) groups excluding carboxylic acids is 1. The SMILES string of the molecule is O=C(NCc1nc(-c2ccccc2)no1)c1cc(CN2CCC[C@@H](O)C2)on1. The molecule has 3 heterocycles. The number of hydrogen-bond donors (Lipinski definition) is 2. The van der Waals surface area contributed by atoms with Crippen LogP contribution in [0.2, 0.25) is 0 Å². The van der Waals surface area contributed by atoms with E-state index < -0.39 is 0 Å². The highest BCUT2D eigenvalue weighted by molar-refractivity contribution is 5.92. The van der Waals surface area contributed by atoms with Crippen molar-refractivity contribution in [2.45, 2.75) is 32.0 Å². The summed E-state index contributed by atoms with van der Waals surface area (Å²) in [6.07, 6.45) is 1.45. The predicted molar refractivity (Wildman–Crippen MR) is 97.9 cm³/mol. The van der Waals surface area contributed by atoms with E-state index in [1.165, 1.54) is 0 Å². The highest BCUT2D eigenvalue weighted by Crippen LogP contribution is 2.16. The highest BCUT2D eigenvalue weighted by atomic mass is 16.5. The molecule has 1 aliphatic heterocycles. The van der Waals surface area contributed by atoms with Gasteiger partial charge in [0.05, 0.1) is 19.2 Å². The zero-order chi connectivity index (χ0) is 19.3. The summed E-state index contributed by atoms with van der Waals surface area (Å²) in [6.45, 7) is 2.10. The molecule has 1 saturated heterocycles. The molecule has 2 aromatic heterocycles. The third kappa shape index (κ3) is 4.44. The number of nitrogens with one attached hydrogen (secondary N) is 1. The number of carbonyl (C=O) groups is 1. The van der Waals surface area contributed by atoms with E-state index in [-0.39, 0.29) is 24.2 Å². The largest absolute Gasteiger partial charge is 0.392 e. The first-order valence-corrected chi connectivity index (χ1v) is 9.19. The van der Waals surface area contributed by atoms with Crippen LogP contribution in [0.4, 0.5) is 0 Å². The van der Waals surface area contributed by atoms with Crippen LogP contribution in [0.25, 0.3) is 11.4 Å². The minimum absolute atomic E-state index is 0.0964. The van der Waals surface area contributed by atoms with Gasteiger partial charge in [-0.3, -0.25) is 9.69 Å². The number of piperidine rings is 1. The number of β-amino-alcohol motifs (C(OH)–C–C–N with tert-alkyl or cyclic N) is 1. The minimum Gasteiger partial charge on any atom is -0.392 e. The maximum atomic E-state index is 12.3. The monoisotopic (exact) mass is 383 g/mol. The summed E-state index contributed by atoms with van der Waals surface area (Å²) in [5.41, 5.74) is 1.03. The zero-order valence-corrected chi connectivity index (χ0v) is 15.2. The quantitative estimate of drug-likeness (QED) is 0.659. The van der Waals surface area contributed by atoms with E-state index >= 15 is 0 Å². The fourth-order valence-electron chi connectivity index (χ4n) is 3.17. The van der Waals surface area contributed by atoms with E-state index in [9.17, 15) is 9.90 Å². The summed E-state index contributed by atoms with van der Waals surface area (Å²) in [4.78, 5) is 18.6. The molecule has 3 aromatic rings. The maximum absolute atomic E-state index is 12.3. The summed E-state index contributed by atoms with van der Waals surface area (Å²) >= 11 is 0. The van der Waals surface area contributed by atoms with Crippen molar-refractivity contribution in [2.24, 2.45) is 0 Å². The molecule has 1 amide bonds. The summed E-state index contributed by atoms with van der Waals surface area (Å²) in [7, 11) is 0. The van der Waals surface area contributed by atoms with Gasteiger partial charge < -0.3 is 19.5 Å². The third-order valence-electron chi connectivity index (χ3n) is 4.55. The lowest BCUT2D eigenvalue weighted by Gasteiger charge is -2.28. The van der Waals surface area contributed by atoms with Gasteiger partial charge in [-0.2, -0.15) is 4.98 Å². The van der Waals surface area contributed by atoms with E-state index in [4.69, 9.17) is 9.05 Å². The number of hydrogen-bond acceptors (Lipinski definition) is 8. The van der Waals surface area contributed by atoms with Crippen molar-refractivity contribution in [3.63, 3.8) is 0 Å². The zero-order valence-electron chi connectivity index (χ0n) is 15.2. The molecule has 1 fully saturated rings. The Balaban J connectivity index is 1.31. The number of aliphatic hydroxyl groups is 1. The normalized spacial score (nSPS) is 17.5. The van der Waals surface area contributed by atoms with Gasteiger partial charge >= 0.3 is 0 Å². The summed E-state index contributed by atoms with van der Waals surface area (Å²) in [6, 6.07) is 11.1. The number of likely N-dealkylation sites (tertiary alicyclic amines) is 1. The Morgan fingerprint density at radius 2 is 2.11 bits per heavy atom. The molecular formula is C19H21N5O4. The number of rotatable bonds is 6. The third-order valence-corrected chi connectivity index (χ3v) is 4.55. The summed E-state index contributed by atoms with van der Waals surface area (Å²) in [5.74, 6) is 0.979. The van der Waals surface area contributed by atoms with Crippen LogP contribution >= 0.6 is 0 Å². The summed E-state index contributed by atoms with van der Waals surface area (Å²) < 4.78 is 10.4. The van der Waals surface area contributed by atoms with Crippen molar-refractivity contribution in [2.75, 3.05) is 13.1 Å². The van der Waals surface area contributed by atoms with Crippen molar-refractivity contribution in [1.29, 1.82) is 0 Å². The van der Waals surface area contributed by atoms with Gasteiger partial charge in [0.1, 0.15) is 0 Å². The van der Waals surface area contributed by atoms with Gasteiger partial charge in [0, 0.05) is 18.2 Å². The van der Waals surface area contributed by atoms with E-state index in [1.807, 2.05) is 30.3 Å². The topological polar surface area (TPSA) is 118 Å². The fourth-order valence-corrected chi connectivity index (χ4v) is 3.17. The second-order valence-corrected chi connectivity index (χ2v) is 6.77. The molecule has 0 saturated carbocycles. The van der Waals surface area contributed by atoms with E-state index in [1.54, 1.807) is 6.07 Å². The molecule has 0 aliphatic carbocycles. The minimum atomic E-state index is -0.381. The first-order chi connectivity index (χ1) is 13.7. The van der Waals surface area contributed by atoms with Crippen molar-refractivity contribution < 1.29 is 18.9 Å². The Labute approximate surface area is 161 Å². The Kier molecular flexibility index (Phi) is 5.45. The average Bonchev–Trinajstić information content (AvgIpc) is 3.37. The second kappa shape index (κ2) is 8.32. The molecule has 2 N–H and O–H groups in total. The standard InChI is InChI=1S/C19H21N5O4/c25-14-7-4-8-24(11-14)12-15-9-16(22-27-15)19(26)20-10-17-21-18(23-28-17)13-5-2-1-3-6-13/h1-3,5-6,9,14,25H,4,7-8,10-12H2,(H,20,26)/t14-/m1/s1. The first kappa shape index (κ1) is 18.3. The van der Waals surface area contributed by atoms with Crippen molar-refractivity contribution in [3.8, 4) is 11.4 Å². The Hall–Kier alpha value is -3.04. The number of benzene rings is 1. The number of aromatic nitrogens is 3. The first-order valence-electron chi connectivity index (χ1n) is 9.19. The fraction of sp³-hybridized carbons (Fsp3) is 0.368. The van der Waals surface area contributed by atoms with Crippen LogP contribution in [0.3, 0.4) is 0 Å². The van der Waals surface area contributed by atoms with E-state index in [0.29, 0.717) is 30.6 Å². The van der Waals surface area contributed by atoms with Gasteiger partial charge in [-0.15, -0.1) is 0 Å². The lowest BCUT2D eigenvalue weighted by Crippen LogP contribution is -2.37. The van der Waals surface area contributed by atoms with Gasteiger partial charge in [0.15, 0.2) is 11.5 Å². The van der Waals surface area contributed by atoms with Crippen LogP contribution in [-0.2, 0) is 13.1 Å². The number of amides is 1. The molecule has 1 aromatic carbocycles. The van der Waals surface area contributed by atoms with Crippen LogP contribution in [0.15, 0.2) is 45.4 Å². The van der Waals surface area contributed by atoms with Crippen LogP contribution in [0.5, 0.6) is 0 Å². The Morgan fingerprint density at radius 1 is 1.25 bits per heavy atom. The van der Waals surface area contributed by atoms with Crippen molar-refractivity contribution in [1.82, 2.24) is 25.5 Å². The smallest absolute Gasteiger partial charge is 0.273 e. The molecule has 28 heavy (non-hydrogen) atoms. The molecule has 0 unspecified atom stereocenters. The molecule has 146 valence electrons. The van der Waals surface area contributed by atoms with Gasteiger partial charge in [0.2, 0.25) is 11.7 Å². The number of nitrogens with zero attached hydrogens (tertiary/aromatic N) is 4. The molecule has 0 spiro atoms. The second-order valence-electron chi connectivity index (χ2n) is 6.77. The highest BCUT2D eigenvalue weighted by Gasteiger charge is 2.20. The van der Waals surface area contributed by atoms with E-state index in [2.05, 4.69) is 25.5 Å². The van der Waals surface area contributed by atoms with Gasteiger partial charge in [-0.05, 0) is 19.4 Å². The predicted octanol–water partition coefficient (Wildman–Crippen LogP) is 1.61. The van der Waals surface area contributed by atoms with Gasteiger partial charge in [-0.25, -0.2) is 0 Å². The molecular weight excluding hydrogens is 362 g/mol. The molecule has 9 nitrogen and oxygen atoms in total. The van der Waals surface area contributed by atoms with Crippen LogP contribution in [0.1, 0.15) is 35.0 Å². The Bertz CT molecular complexity index is 923. The summed E-state index contributed by atoms with van der Waals surface area (Å²) in [5, 5.41) is 20.2. The molecule has 0 radical (unpaired) electrons. The molecule has 1 atom stereocenters. The Morgan fingerprint density at radius 3 is 2.93 bits per heavy atom. The van der Waals surface area contributed by atoms with Crippen molar-refractivity contribution in [3.05, 3.63) is 53.7 Å².